The van der Waals surface area contributed by atoms with Crippen molar-refractivity contribution in [1.29, 1.82) is 0 Å². The number of nitrogens with two attached hydrogens (primary N) is 2. The Balaban J connectivity index is 1.53. The SMILES string of the molecule is Nc1cccc(-c2ccccc2SOSc2ccccc2-c2cccc(N)c2)c1. The smallest absolute Gasteiger partial charge is 0.0454 e. The van der Waals surface area contributed by atoms with Crippen molar-refractivity contribution in [2.45, 2.75) is 9.79 Å². The Morgan fingerprint density at radius 1 is 0.517 bits per heavy atom. The summed E-state index contributed by atoms with van der Waals surface area (Å²) in [5, 5.41) is 0. The highest BCUT2D eigenvalue weighted by molar-refractivity contribution is 8.08. The van der Waals surface area contributed by atoms with Crippen LogP contribution < -0.4 is 11.5 Å². The molecule has 0 heterocycles. The van der Waals surface area contributed by atoms with Crippen molar-refractivity contribution in [2.75, 3.05) is 11.5 Å². The normalized spacial score (nSPS) is 10.8. The molecule has 0 amide bonds. The molecule has 29 heavy (non-hydrogen) atoms. The van der Waals surface area contributed by atoms with Gasteiger partial charge in [-0.1, -0.05) is 60.7 Å². The molecule has 4 aromatic rings. The van der Waals surface area contributed by atoms with Gasteiger partial charge in [-0.05, 0) is 58.7 Å². The molecule has 0 aromatic heterocycles. The summed E-state index contributed by atoms with van der Waals surface area (Å²) in [4.78, 5) is 2.07. The fraction of sp³-hybridized carbons (Fsp3) is 0. The van der Waals surface area contributed by atoms with Crippen molar-refractivity contribution in [1.82, 2.24) is 0 Å². The maximum atomic E-state index is 5.96. The van der Waals surface area contributed by atoms with Crippen LogP contribution in [0.25, 0.3) is 22.3 Å². The lowest BCUT2D eigenvalue weighted by atomic mass is 10.1. The highest BCUT2D eigenvalue weighted by atomic mass is 32.2. The second-order valence-electron chi connectivity index (χ2n) is 6.48. The van der Waals surface area contributed by atoms with Gasteiger partial charge in [0.2, 0.25) is 0 Å². The molecule has 0 fully saturated rings. The topological polar surface area (TPSA) is 61.3 Å². The third kappa shape index (κ3) is 4.77. The van der Waals surface area contributed by atoms with Gasteiger partial charge in [-0.2, -0.15) is 0 Å². The quantitative estimate of drug-likeness (QED) is 0.264. The van der Waals surface area contributed by atoms with Gasteiger partial charge < -0.3 is 11.5 Å². The fourth-order valence-electron chi connectivity index (χ4n) is 3.06. The molecule has 0 bridgehead atoms. The fourth-order valence-corrected chi connectivity index (χ4v) is 4.60. The molecule has 0 saturated heterocycles. The molecule has 0 atom stereocenters. The van der Waals surface area contributed by atoms with Gasteiger partial charge in [0.25, 0.3) is 0 Å². The van der Waals surface area contributed by atoms with Crippen LogP contribution in [0.4, 0.5) is 11.4 Å². The molecule has 0 aliphatic rings. The summed E-state index contributed by atoms with van der Waals surface area (Å²) in [5.74, 6) is 0. The maximum Gasteiger partial charge on any atom is 0.0454 e. The molecule has 0 aliphatic carbocycles. The Kier molecular flexibility index (Phi) is 6.10. The van der Waals surface area contributed by atoms with Gasteiger partial charge >= 0.3 is 0 Å². The van der Waals surface area contributed by atoms with Crippen LogP contribution in [-0.2, 0) is 3.63 Å². The van der Waals surface area contributed by atoms with Gasteiger partial charge in [0.05, 0.1) is 0 Å². The summed E-state index contributed by atoms with van der Waals surface area (Å²) in [5.41, 5.74) is 17.7. The predicted molar refractivity (Wildman–Crippen MR) is 125 cm³/mol. The molecule has 0 radical (unpaired) electrons. The van der Waals surface area contributed by atoms with Crippen LogP contribution in [0.15, 0.2) is 107 Å². The van der Waals surface area contributed by atoms with Crippen molar-refractivity contribution >= 4 is 35.5 Å². The van der Waals surface area contributed by atoms with Crippen molar-refractivity contribution in [3.05, 3.63) is 97.1 Å². The first kappa shape index (κ1) is 19.5. The molecule has 5 heteroatoms. The van der Waals surface area contributed by atoms with Crippen LogP contribution in [0, 0.1) is 0 Å². The van der Waals surface area contributed by atoms with Crippen LogP contribution in [0.2, 0.25) is 0 Å². The van der Waals surface area contributed by atoms with Gasteiger partial charge in [0.1, 0.15) is 0 Å². The predicted octanol–water partition coefficient (Wildman–Crippen LogP) is 6.92. The molecular weight excluding hydrogens is 396 g/mol. The second-order valence-corrected chi connectivity index (χ2v) is 8.24. The lowest BCUT2D eigenvalue weighted by Crippen LogP contribution is -1.88. The van der Waals surface area contributed by atoms with E-state index in [9.17, 15) is 0 Å². The Bertz CT molecular complexity index is 1040. The Labute approximate surface area is 179 Å². The number of nitrogen functional groups attached to an aromatic ring is 2. The molecule has 4 aromatic carbocycles. The molecule has 0 saturated carbocycles. The minimum Gasteiger partial charge on any atom is -0.399 e. The first-order valence-electron chi connectivity index (χ1n) is 9.12. The minimum atomic E-state index is 0.744. The first-order valence-corrected chi connectivity index (χ1v) is 10.6. The average Bonchev–Trinajstić information content (AvgIpc) is 2.74. The zero-order chi connectivity index (χ0) is 20.1. The number of hydrogen-bond donors (Lipinski definition) is 2. The van der Waals surface area contributed by atoms with Gasteiger partial charge in [0.15, 0.2) is 0 Å². The van der Waals surface area contributed by atoms with E-state index in [0.29, 0.717) is 0 Å². The van der Waals surface area contributed by atoms with E-state index in [0.717, 1.165) is 43.4 Å². The zero-order valence-electron chi connectivity index (χ0n) is 15.6. The second kappa shape index (κ2) is 9.09. The molecule has 4 rings (SSSR count). The van der Waals surface area contributed by atoms with Crippen LogP contribution in [-0.4, -0.2) is 0 Å². The van der Waals surface area contributed by atoms with Crippen LogP contribution in [0.5, 0.6) is 0 Å². The molecule has 4 N–H and O–H groups in total. The van der Waals surface area contributed by atoms with E-state index < -0.39 is 0 Å². The van der Waals surface area contributed by atoms with Crippen molar-refractivity contribution < 1.29 is 3.63 Å². The van der Waals surface area contributed by atoms with Crippen LogP contribution >= 0.6 is 24.1 Å². The van der Waals surface area contributed by atoms with Crippen LogP contribution in [0.1, 0.15) is 0 Å². The zero-order valence-corrected chi connectivity index (χ0v) is 17.3. The van der Waals surface area contributed by atoms with Gasteiger partial charge in [-0.3, -0.25) is 0 Å². The van der Waals surface area contributed by atoms with E-state index in [1.165, 1.54) is 24.1 Å². The minimum absolute atomic E-state index is 0.744. The van der Waals surface area contributed by atoms with Gasteiger partial charge in [-0.15, -0.1) is 0 Å². The number of benzene rings is 4. The summed E-state index contributed by atoms with van der Waals surface area (Å²) in [6.45, 7) is 0. The summed E-state index contributed by atoms with van der Waals surface area (Å²) in [7, 11) is 0. The largest absolute Gasteiger partial charge is 0.399 e. The van der Waals surface area contributed by atoms with Crippen molar-refractivity contribution in [3.63, 3.8) is 0 Å². The summed E-state index contributed by atoms with van der Waals surface area (Å²) < 4.78 is 5.96. The number of hydrogen-bond acceptors (Lipinski definition) is 5. The monoisotopic (exact) mass is 416 g/mol. The lowest BCUT2D eigenvalue weighted by molar-refractivity contribution is 0.757. The van der Waals surface area contributed by atoms with E-state index in [1.807, 2.05) is 72.8 Å². The highest BCUT2D eigenvalue weighted by Gasteiger charge is 2.10. The van der Waals surface area contributed by atoms with E-state index in [-0.39, 0.29) is 0 Å². The number of anilines is 2. The average molecular weight is 417 g/mol. The molecule has 0 spiro atoms. The first-order chi connectivity index (χ1) is 14.2. The maximum absolute atomic E-state index is 5.96. The van der Waals surface area contributed by atoms with Crippen molar-refractivity contribution in [2.24, 2.45) is 0 Å². The van der Waals surface area contributed by atoms with Crippen LogP contribution in [0.3, 0.4) is 0 Å². The number of rotatable bonds is 6. The Hall–Kier alpha value is -2.86. The standard InChI is InChI=1S/C24H20N2OS2/c25-19-9-5-7-17(15-19)21-11-1-3-13-23(21)28-27-29-24-14-4-2-12-22(24)18-8-6-10-20(26)16-18/h1-16H,25-26H2. The van der Waals surface area contributed by atoms with E-state index in [4.69, 9.17) is 15.1 Å². The summed E-state index contributed by atoms with van der Waals surface area (Å²) in [6, 6.07) is 32.1. The molecular formula is C24H20N2OS2. The third-order valence-electron chi connectivity index (χ3n) is 4.42. The van der Waals surface area contributed by atoms with E-state index >= 15 is 0 Å². The van der Waals surface area contributed by atoms with Gasteiger partial charge in [-0.25, -0.2) is 3.63 Å². The molecule has 144 valence electrons. The van der Waals surface area contributed by atoms with Gasteiger partial charge in [0, 0.05) is 45.3 Å². The highest BCUT2D eigenvalue weighted by Crippen LogP contribution is 2.39. The summed E-state index contributed by atoms with van der Waals surface area (Å²) >= 11 is 2.69. The Morgan fingerprint density at radius 3 is 1.41 bits per heavy atom. The van der Waals surface area contributed by atoms with E-state index in [1.54, 1.807) is 0 Å². The Morgan fingerprint density at radius 2 is 0.966 bits per heavy atom. The molecule has 3 nitrogen and oxygen atoms in total. The summed E-state index contributed by atoms with van der Waals surface area (Å²) in [6.07, 6.45) is 0. The molecule has 0 unspecified atom stereocenters. The van der Waals surface area contributed by atoms with E-state index in [2.05, 4.69) is 24.3 Å². The third-order valence-corrected chi connectivity index (χ3v) is 6.03. The lowest BCUT2D eigenvalue weighted by Gasteiger charge is -2.11. The van der Waals surface area contributed by atoms with Crippen molar-refractivity contribution in [3.8, 4) is 22.3 Å². The molecule has 0 aliphatic heterocycles.